The van der Waals surface area contributed by atoms with Crippen molar-refractivity contribution in [1.82, 2.24) is 0 Å². The lowest BCUT2D eigenvalue weighted by Crippen LogP contribution is -2.25. The largest absolute Gasteiger partial charge is 0.491 e. The van der Waals surface area contributed by atoms with Crippen LogP contribution in [0.1, 0.15) is 30.5 Å². The standard InChI is InChI=1S/C28H31Cl3O7S/c1-18-4-10-24(11-5-18)39(34,35)38-17-22(33)16-36-23-8-6-19(7-9-23)28(2,3)20-12-25(30)27(26(31)13-20)37-15-21(32)14-29/h4-13,21-22,32-33H,14-17H2,1-3H3/t21-,22+/m1/s1. The van der Waals surface area contributed by atoms with Crippen molar-refractivity contribution in [3.8, 4) is 11.5 Å². The quantitative estimate of drug-likeness (QED) is 0.186. The van der Waals surface area contributed by atoms with Crippen LogP contribution in [-0.2, 0) is 19.7 Å². The van der Waals surface area contributed by atoms with E-state index in [9.17, 15) is 18.6 Å². The molecule has 0 saturated heterocycles. The molecular weight excluding hydrogens is 587 g/mol. The molecular formula is C28H31Cl3O7S. The van der Waals surface area contributed by atoms with Crippen LogP contribution < -0.4 is 9.47 Å². The summed E-state index contributed by atoms with van der Waals surface area (Å²) in [6.07, 6.45) is -1.99. The fourth-order valence-corrected chi connectivity index (χ4v) is 5.23. The third-order valence-electron chi connectivity index (χ3n) is 6.06. The van der Waals surface area contributed by atoms with E-state index in [1.54, 1.807) is 36.4 Å². The van der Waals surface area contributed by atoms with Crippen LogP contribution in [0.25, 0.3) is 0 Å². The van der Waals surface area contributed by atoms with Crippen LogP contribution in [0.2, 0.25) is 10.0 Å². The number of benzene rings is 3. The van der Waals surface area contributed by atoms with Gasteiger partial charge in [0.15, 0.2) is 5.75 Å². The number of hydrogen-bond donors (Lipinski definition) is 2. The van der Waals surface area contributed by atoms with Crippen molar-refractivity contribution in [3.63, 3.8) is 0 Å². The molecule has 7 nitrogen and oxygen atoms in total. The van der Waals surface area contributed by atoms with Gasteiger partial charge in [-0.05, 0) is 54.4 Å². The summed E-state index contributed by atoms with van der Waals surface area (Å²) in [7, 11) is -3.98. The molecule has 0 aliphatic rings. The van der Waals surface area contributed by atoms with Crippen molar-refractivity contribution in [3.05, 3.63) is 87.4 Å². The topological polar surface area (TPSA) is 102 Å². The van der Waals surface area contributed by atoms with E-state index in [0.717, 1.165) is 16.7 Å². The summed E-state index contributed by atoms with van der Waals surface area (Å²) in [5.41, 5.74) is 2.23. The SMILES string of the molecule is Cc1ccc(S(=O)(=O)OC[C@@H](O)COc2ccc(C(C)(C)c3cc(Cl)c(OC[C@H](O)CCl)c(Cl)c3)cc2)cc1. The number of aryl methyl sites for hydroxylation is 1. The molecule has 0 radical (unpaired) electrons. The number of halogens is 3. The van der Waals surface area contributed by atoms with E-state index < -0.39 is 34.3 Å². The first-order valence-corrected chi connectivity index (χ1v) is 14.8. The van der Waals surface area contributed by atoms with Gasteiger partial charge < -0.3 is 19.7 Å². The highest BCUT2D eigenvalue weighted by Gasteiger charge is 2.26. The van der Waals surface area contributed by atoms with Gasteiger partial charge in [-0.3, -0.25) is 4.18 Å². The number of hydrogen-bond acceptors (Lipinski definition) is 7. The van der Waals surface area contributed by atoms with Crippen LogP contribution in [0.15, 0.2) is 65.6 Å². The molecule has 0 bridgehead atoms. The second-order valence-corrected chi connectivity index (χ2v) is 12.3. The second-order valence-electron chi connectivity index (χ2n) is 9.55. The van der Waals surface area contributed by atoms with E-state index in [0.29, 0.717) is 15.8 Å². The molecule has 3 aromatic carbocycles. The van der Waals surface area contributed by atoms with Gasteiger partial charge in [0.1, 0.15) is 31.2 Å². The van der Waals surface area contributed by atoms with Gasteiger partial charge >= 0.3 is 0 Å². The van der Waals surface area contributed by atoms with Gasteiger partial charge in [-0.25, -0.2) is 0 Å². The monoisotopic (exact) mass is 616 g/mol. The molecule has 3 aromatic rings. The first kappa shape index (κ1) is 31.5. The Morgan fingerprint density at radius 3 is 1.95 bits per heavy atom. The van der Waals surface area contributed by atoms with Crippen LogP contribution in [0.5, 0.6) is 11.5 Å². The van der Waals surface area contributed by atoms with Crippen molar-refractivity contribution >= 4 is 44.9 Å². The molecule has 39 heavy (non-hydrogen) atoms. The number of aliphatic hydroxyl groups excluding tert-OH is 2. The minimum atomic E-state index is -3.98. The molecule has 212 valence electrons. The maximum atomic E-state index is 12.3. The maximum absolute atomic E-state index is 12.3. The third-order valence-corrected chi connectivity index (χ3v) is 8.28. The average Bonchev–Trinajstić information content (AvgIpc) is 2.90. The van der Waals surface area contributed by atoms with E-state index >= 15 is 0 Å². The van der Waals surface area contributed by atoms with E-state index in [1.165, 1.54) is 12.1 Å². The van der Waals surface area contributed by atoms with Crippen molar-refractivity contribution in [2.45, 2.75) is 43.3 Å². The molecule has 11 heteroatoms. The maximum Gasteiger partial charge on any atom is 0.297 e. The molecule has 0 fully saturated rings. The molecule has 0 spiro atoms. The van der Waals surface area contributed by atoms with E-state index in [-0.39, 0.29) is 29.7 Å². The predicted molar refractivity (Wildman–Crippen MR) is 153 cm³/mol. The Kier molecular flexibility index (Phi) is 10.9. The third kappa shape index (κ3) is 8.47. The number of rotatable bonds is 13. The Balaban J connectivity index is 1.60. The molecule has 2 N–H and O–H groups in total. The lowest BCUT2D eigenvalue weighted by Gasteiger charge is -2.27. The smallest absolute Gasteiger partial charge is 0.297 e. The summed E-state index contributed by atoms with van der Waals surface area (Å²) in [6, 6.07) is 17.0. The van der Waals surface area contributed by atoms with E-state index in [2.05, 4.69) is 0 Å². The minimum Gasteiger partial charge on any atom is -0.491 e. The Morgan fingerprint density at radius 2 is 1.38 bits per heavy atom. The van der Waals surface area contributed by atoms with Gasteiger partial charge in [-0.2, -0.15) is 8.42 Å². The summed E-state index contributed by atoms with van der Waals surface area (Å²) in [6.45, 7) is 5.25. The van der Waals surface area contributed by atoms with Crippen molar-refractivity contribution in [1.29, 1.82) is 0 Å². The van der Waals surface area contributed by atoms with Crippen LogP contribution in [-0.4, -0.2) is 56.5 Å². The zero-order valence-corrected chi connectivity index (χ0v) is 24.8. The molecule has 0 aliphatic carbocycles. The Bertz CT molecular complexity index is 1320. The van der Waals surface area contributed by atoms with Gasteiger partial charge in [-0.1, -0.05) is 66.9 Å². The van der Waals surface area contributed by atoms with Crippen LogP contribution >= 0.6 is 34.8 Å². The first-order chi connectivity index (χ1) is 18.3. The fraction of sp³-hybridized carbons (Fsp3) is 0.357. The summed E-state index contributed by atoms with van der Waals surface area (Å²) in [4.78, 5) is 0.0225. The molecule has 0 unspecified atom stereocenters. The van der Waals surface area contributed by atoms with Crippen molar-refractivity contribution < 1.29 is 32.3 Å². The summed E-state index contributed by atoms with van der Waals surface area (Å²) in [5, 5.41) is 20.4. The molecule has 0 amide bonds. The van der Waals surface area contributed by atoms with Crippen molar-refractivity contribution in [2.24, 2.45) is 0 Å². The normalized spacial score (nSPS) is 13.6. The average molecular weight is 618 g/mol. The summed E-state index contributed by atoms with van der Waals surface area (Å²) in [5.74, 6) is 0.801. The van der Waals surface area contributed by atoms with Gasteiger partial charge in [0, 0.05) is 5.41 Å². The van der Waals surface area contributed by atoms with Crippen molar-refractivity contribution in [2.75, 3.05) is 25.7 Å². The highest BCUT2D eigenvalue weighted by molar-refractivity contribution is 7.86. The molecule has 0 aromatic heterocycles. The van der Waals surface area contributed by atoms with E-state index in [1.807, 2.05) is 32.9 Å². The Hall–Kier alpha value is -2.04. The fourth-order valence-electron chi connectivity index (χ4n) is 3.60. The molecule has 3 rings (SSSR count). The highest BCUT2D eigenvalue weighted by Crippen LogP contribution is 2.40. The number of alkyl halides is 1. The van der Waals surface area contributed by atoms with Crippen LogP contribution in [0, 0.1) is 6.92 Å². The lowest BCUT2D eigenvalue weighted by molar-refractivity contribution is 0.0648. The minimum absolute atomic E-state index is 0.0225. The summed E-state index contributed by atoms with van der Waals surface area (Å²) >= 11 is 18.5. The molecule has 0 heterocycles. The zero-order chi connectivity index (χ0) is 28.8. The van der Waals surface area contributed by atoms with Gasteiger partial charge in [-0.15, -0.1) is 11.6 Å². The van der Waals surface area contributed by atoms with E-state index in [4.69, 9.17) is 48.5 Å². The van der Waals surface area contributed by atoms with Gasteiger partial charge in [0.25, 0.3) is 10.1 Å². The number of aliphatic hydroxyl groups is 2. The predicted octanol–water partition coefficient (Wildman–Crippen LogP) is 5.75. The Labute approximate surface area is 244 Å². The molecule has 2 atom stereocenters. The van der Waals surface area contributed by atoms with Gasteiger partial charge in [0.05, 0.1) is 27.4 Å². The first-order valence-electron chi connectivity index (χ1n) is 12.1. The summed E-state index contributed by atoms with van der Waals surface area (Å²) < 4.78 is 40.7. The zero-order valence-electron chi connectivity index (χ0n) is 21.7. The second kappa shape index (κ2) is 13.5. The van der Waals surface area contributed by atoms with Crippen LogP contribution in [0.4, 0.5) is 0 Å². The Morgan fingerprint density at radius 1 is 0.821 bits per heavy atom. The van der Waals surface area contributed by atoms with Gasteiger partial charge in [0.2, 0.25) is 0 Å². The van der Waals surface area contributed by atoms with Crippen LogP contribution in [0.3, 0.4) is 0 Å². The highest BCUT2D eigenvalue weighted by atomic mass is 35.5. The molecule has 0 aliphatic heterocycles. The molecule has 0 saturated carbocycles. The number of ether oxygens (including phenoxy) is 2. The lowest BCUT2D eigenvalue weighted by atomic mass is 9.78.